The van der Waals surface area contributed by atoms with Crippen molar-refractivity contribution in [2.75, 3.05) is 31.1 Å². The number of thiazole rings is 1. The number of aryl methyl sites for hydroxylation is 2. The molecule has 3 aromatic rings. The predicted octanol–water partition coefficient (Wildman–Crippen LogP) is 5.32. The molecule has 0 saturated heterocycles. The number of carbonyl (C=O) groups is 1. The number of amides is 1. The highest BCUT2D eigenvalue weighted by Crippen LogP contribution is 2.30. The number of likely N-dealkylation sites (N-methyl/N-ethyl adjacent to an activating group) is 1. The Bertz CT molecular complexity index is 936. The molecule has 28 heavy (non-hydrogen) atoms. The van der Waals surface area contributed by atoms with Gasteiger partial charge in [0.15, 0.2) is 5.13 Å². The van der Waals surface area contributed by atoms with Gasteiger partial charge >= 0.3 is 0 Å². The number of halogens is 1. The van der Waals surface area contributed by atoms with Gasteiger partial charge in [0.25, 0.3) is 5.91 Å². The van der Waals surface area contributed by atoms with Gasteiger partial charge in [-0.05, 0) is 56.3 Å². The average Bonchev–Trinajstić information content (AvgIpc) is 3.08. The third-order valence-corrected chi connectivity index (χ3v) is 5.96. The van der Waals surface area contributed by atoms with Crippen LogP contribution in [0.5, 0.6) is 0 Å². The summed E-state index contributed by atoms with van der Waals surface area (Å²) in [6.45, 7) is 11.8. The van der Waals surface area contributed by atoms with Crippen molar-refractivity contribution in [2.45, 2.75) is 27.7 Å². The minimum atomic E-state index is 0. The van der Waals surface area contributed by atoms with Crippen LogP contribution in [0.4, 0.5) is 5.13 Å². The lowest BCUT2D eigenvalue weighted by atomic mass is 10.1. The summed E-state index contributed by atoms with van der Waals surface area (Å²) in [6.07, 6.45) is 0. The van der Waals surface area contributed by atoms with Crippen LogP contribution in [-0.2, 0) is 0 Å². The third kappa shape index (κ3) is 4.90. The zero-order valence-electron chi connectivity index (χ0n) is 16.9. The quantitative estimate of drug-likeness (QED) is 0.521. The minimum Gasteiger partial charge on any atom is -0.302 e. The van der Waals surface area contributed by atoms with Gasteiger partial charge in [-0.1, -0.05) is 49.4 Å². The number of hydrogen-bond donors (Lipinski definition) is 0. The summed E-state index contributed by atoms with van der Waals surface area (Å²) in [5.74, 6) is 0.0241. The molecule has 0 aliphatic carbocycles. The van der Waals surface area contributed by atoms with Crippen LogP contribution in [0.2, 0.25) is 0 Å². The van der Waals surface area contributed by atoms with E-state index in [1.807, 2.05) is 42.2 Å². The standard InChI is InChI=1S/C22H27N3OS.ClH/c1-5-24(6-2)13-14-25(21(26)18-10-8-7-9-17(18)4)22-23-19-12-11-16(3)15-20(19)27-22;/h7-12,15H,5-6,13-14H2,1-4H3;1H. The van der Waals surface area contributed by atoms with Crippen LogP contribution >= 0.6 is 23.7 Å². The van der Waals surface area contributed by atoms with E-state index in [0.717, 1.165) is 46.1 Å². The van der Waals surface area contributed by atoms with Crippen molar-refractivity contribution in [1.29, 1.82) is 0 Å². The van der Waals surface area contributed by atoms with Gasteiger partial charge in [0, 0.05) is 18.7 Å². The number of anilines is 1. The van der Waals surface area contributed by atoms with E-state index in [1.54, 1.807) is 11.3 Å². The fourth-order valence-electron chi connectivity index (χ4n) is 3.16. The molecule has 0 saturated carbocycles. The number of aromatic nitrogens is 1. The first kappa shape index (κ1) is 22.3. The van der Waals surface area contributed by atoms with Crippen LogP contribution in [0, 0.1) is 13.8 Å². The lowest BCUT2D eigenvalue weighted by Crippen LogP contribution is -2.39. The molecule has 0 unspecified atom stereocenters. The SMILES string of the molecule is CCN(CC)CCN(C(=O)c1ccccc1C)c1nc2ccc(C)cc2s1.Cl. The molecular formula is C22H28ClN3OS. The second kappa shape index (κ2) is 10.0. The molecule has 150 valence electrons. The maximum Gasteiger partial charge on any atom is 0.260 e. The smallest absolute Gasteiger partial charge is 0.260 e. The van der Waals surface area contributed by atoms with Gasteiger partial charge in [0.1, 0.15) is 0 Å². The van der Waals surface area contributed by atoms with Gasteiger partial charge in [0.05, 0.1) is 10.2 Å². The van der Waals surface area contributed by atoms with E-state index in [4.69, 9.17) is 4.98 Å². The molecule has 0 aliphatic heterocycles. The fourth-order valence-corrected chi connectivity index (χ4v) is 4.25. The molecule has 3 rings (SSSR count). The maximum absolute atomic E-state index is 13.4. The van der Waals surface area contributed by atoms with Crippen molar-refractivity contribution in [1.82, 2.24) is 9.88 Å². The van der Waals surface area contributed by atoms with E-state index in [9.17, 15) is 4.79 Å². The van der Waals surface area contributed by atoms with Gasteiger partial charge in [-0.2, -0.15) is 0 Å². The number of benzene rings is 2. The van der Waals surface area contributed by atoms with Gasteiger partial charge in [0.2, 0.25) is 0 Å². The van der Waals surface area contributed by atoms with Crippen molar-refractivity contribution in [2.24, 2.45) is 0 Å². The second-order valence-electron chi connectivity index (χ2n) is 6.77. The Morgan fingerprint density at radius 2 is 1.75 bits per heavy atom. The fraction of sp³-hybridized carbons (Fsp3) is 0.364. The molecule has 1 aromatic heterocycles. The summed E-state index contributed by atoms with van der Waals surface area (Å²) in [6, 6.07) is 14.0. The Morgan fingerprint density at radius 3 is 2.43 bits per heavy atom. The summed E-state index contributed by atoms with van der Waals surface area (Å²) >= 11 is 1.59. The van der Waals surface area contributed by atoms with E-state index in [2.05, 4.69) is 37.8 Å². The van der Waals surface area contributed by atoms with E-state index in [0.29, 0.717) is 6.54 Å². The van der Waals surface area contributed by atoms with E-state index >= 15 is 0 Å². The van der Waals surface area contributed by atoms with Gasteiger partial charge in [-0.3, -0.25) is 9.69 Å². The summed E-state index contributed by atoms with van der Waals surface area (Å²) in [5.41, 5.74) is 3.89. The molecule has 4 nitrogen and oxygen atoms in total. The molecule has 0 bridgehead atoms. The minimum absolute atomic E-state index is 0. The molecule has 0 radical (unpaired) electrons. The zero-order valence-corrected chi connectivity index (χ0v) is 18.6. The van der Waals surface area contributed by atoms with Crippen molar-refractivity contribution in [3.05, 3.63) is 59.2 Å². The maximum atomic E-state index is 13.4. The van der Waals surface area contributed by atoms with Crippen molar-refractivity contribution >= 4 is 45.0 Å². The summed E-state index contributed by atoms with van der Waals surface area (Å²) in [7, 11) is 0. The Balaban J connectivity index is 0.00000280. The number of hydrogen-bond acceptors (Lipinski definition) is 4. The largest absolute Gasteiger partial charge is 0.302 e. The monoisotopic (exact) mass is 417 g/mol. The highest BCUT2D eigenvalue weighted by molar-refractivity contribution is 7.22. The number of carbonyl (C=O) groups excluding carboxylic acids is 1. The summed E-state index contributed by atoms with van der Waals surface area (Å²) < 4.78 is 1.12. The van der Waals surface area contributed by atoms with E-state index in [1.165, 1.54) is 5.56 Å². The van der Waals surface area contributed by atoms with Gasteiger partial charge < -0.3 is 4.90 Å². The normalized spacial score (nSPS) is 10.9. The Kier molecular flexibility index (Phi) is 7.98. The Morgan fingerprint density at radius 1 is 1.04 bits per heavy atom. The lowest BCUT2D eigenvalue weighted by Gasteiger charge is -2.25. The molecule has 0 aliphatic rings. The van der Waals surface area contributed by atoms with Crippen LogP contribution in [0.15, 0.2) is 42.5 Å². The molecule has 0 fully saturated rings. The van der Waals surface area contributed by atoms with Crippen LogP contribution in [0.3, 0.4) is 0 Å². The number of fused-ring (bicyclic) bond motifs is 1. The van der Waals surface area contributed by atoms with Gasteiger partial charge in [-0.15, -0.1) is 12.4 Å². The first-order chi connectivity index (χ1) is 13.0. The van der Waals surface area contributed by atoms with Crippen LogP contribution in [0.1, 0.15) is 35.3 Å². The molecule has 0 spiro atoms. The number of nitrogens with zero attached hydrogens (tertiary/aromatic N) is 3. The molecule has 2 aromatic carbocycles. The van der Waals surface area contributed by atoms with Crippen LogP contribution in [0.25, 0.3) is 10.2 Å². The number of rotatable bonds is 7. The summed E-state index contributed by atoms with van der Waals surface area (Å²) in [4.78, 5) is 22.3. The molecule has 0 N–H and O–H groups in total. The topological polar surface area (TPSA) is 36.4 Å². The van der Waals surface area contributed by atoms with Crippen LogP contribution in [-0.4, -0.2) is 42.0 Å². The Hall–Kier alpha value is -1.95. The van der Waals surface area contributed by atoms with Crippen molar-refractivity contribution in [3.63, 3.8) is 0 Å². The molecule has 0 atom stereocenters. The lowest BCUT2D eigenvalue weighted by molar-refractivity contribution is 0.0983. The Labute approximate surface area is 177 Å². The average molecular weight is 418 g/mol. The second-order valence-corrected chi connectivity index (χ2v) is 7.78. The summed E-state index contributed by atoms with van der Waals surface area (Å²) in [5, 5.41) is 0.774. The molecular weight excluding hydrogens is 390 g/mol. The van der Waals surface area contributed by atoms with Crippen molar-refractivity contribution in [3.8, 4) is 0 Å². The first-order valence-electron chi connectivity index (χ1n) is 9.50. The highest BCUT2D eigenvalue weighted by Gasteiger charge is 2.23. The zero-order chi connectivity index (χ0) is 19.4. The third-order valence-electron chi connectivity index (χ3n) is 4.92. The highest BCUT2D eigenvalue weighted by atomic mass is 35.5. The first-order valence-corrected chi connectivity index (χ1v) is 10.3. The predicted molar refractivity (Wildman–Crippen MR) is 122 cm³/mol. The molecule has 6 heteroatoms. The molecule has 1 heterocycles. The van der Waals surface area contributed by atoms with Crippen LogP contribution < -0.4 is 4.90 Å². The van der Waals surface area contributed by atoms with Crippen molar-refractivity contribution < 1.29 is 4.79 Å². The molecule has 1 amide bonds. The van der Waals surface area contributed by atoms with E-state index in [-0.39, 0.29) is 18.3 Å². The van der Waals surface area contributed by atoms with E-state index < -0.39 is 0 Å². The van der Waals surface area contributed by atoms with Gasteiger partial charge in [-0.25, -0.2) is 4.98 Å².